The number of aryl methyl sites for hydroxylation is 1. The molecule has 22 heavy (non-hydrogen) atoms. The Morgan fingerprint density at radius 2 is 2.00 bits per heavy atom. The van der Waals surface area contributed by atoms with Gasteiger partial charge < -0.3 is 10.4 Å². The Balaban J connectivity index is 1.97. The minimum Gasteiger partial charge on any atom is -0.375 e. The maximum atomic E-state index is 13.2. The minimum atomic E-state index is -1.93. The van der Waals surface area contributed by atoms with Crippen LogP contribution in [0.4, 0.5) is 10.1 Å². The van der Waals surface area contributed by atoms with Crippen LogP contribution in [-0.2, 0) is 10.4 Å². The van der Waals surface area contributed by atoms with Crippen molar-refractivity contribution in [1.82, 2.24) is 0 Å². The molecule has 1 unspecified atom stereocenters. The molecule has 0 saturated carbocycles. The fraction of sp³-hybridized carbons (Fsp3) is 0.176. The van der Waals surface area contributed by atoms with Gasteiger partial charge in [-0.2, -0.15) is 0 Å². The SMILES string of the molecule is Cc1cccc2c1NC(=O)C2(O)CC(=O)c1cccc(F)c1. The van der Waals surface area contributed by atoms with Gasteiger partial charge in [0.25, 0.3) is 5.91 Å². The van der Waals surface area contributed by atoms with Crippen LogP contribution in [0.2, 0.25) is 0 Å². The number of benzene rings is 2. The van der Waals surface area contributed by atoms with Crippen molar-refractivity contribution >= 4 is 17.4 Å². The number of halogens is 1. The highest BCUT2D eigenvalue weighted by Crippen LogP contribution is 2.40. The molecule has 0 spiro atoms. The summed E-state index contributed by atoms with van der Waals surface area (Å²) in [4.78, 5) is 24.4. The molecule has 1 aliphatic heterocycles. The van der Waals surface area contributed by atoms with Gasteiger partial charge >= 0.3 is 0 Å². The molecule has 2 aromatic rings. The second kappa shape index (κ2) is 5.03. The fourth-order valence-electron chi connectivity index (χ4n) is 2.69. The lowest BCUT2D eigenvalue weighted by molar-refractivity contribution is -0.133. The third-order valence-electron chi connectivity index (χ3n) is 3.90. The molecule has 0 radical (unpaired) electrons. The first-order valence-corrected chi connectivity index (χ1v) is 6.84. The molecule has 1 amide bonds. The number of amides is 1. The highest BCUT2D eigenvalue weighted by molar-refractivity contribution is 6.09. The summed E-state index contributed by atoms with van der Waals surface area (Å²) in [6.45, 7) is 1.80. The second-order valence-corrected chi connectivity index (χ2v) is 5.42. The Morgan fingerprint density at radius 3 is 2.73 bits per heavy atom. The van der Waals surface area contributed by atoms with E-state index in [9.17, 15) is 19.1 Å². The van der Waals surface area contributed by atoms with Crippen molar-refractivity contribution in [1.29, 1.82) is 0 Å². The van der Waals surface area contributed by atoms with Crippen molar-refractivity contribution in [2.45, 2.75) is 18.9 Å². The Labute approximate surface area is 126 Å². The van der Waals surface area contributed by atoms with E-state index in [1.807, 2.05) is 0 Å². The number of anilines is 1. The Kier molecular flexibility index (Phi) is 3.30. The van der Waals surface area contributed by atoms with E-state index < -0.39 is 29.5 Å². The number of carbonyl (C=O) groups excluding carboxylic acids is 2. The van der Waals surface area contributed by atoms with Gasteiger partial charge in [-0.05, 0) is 24.6 Å². The smallest absolute Gasteiger partial charge is 0.261 e. The highest BCUT2D eigenvalue weighted by atomic mass is 19.1. The number of fused-ring (bicyclic) bond motifs is 1. The molecule has 4 nitrogen and oxygen atoms in total. The van der Waals surface area contributed by atoms with Crippen molar-refractivity contribution in [2.24, 2.45) is 0 Å². The van der Waals surface area contributed by atoms with Gasteiger partial charge in [0.05, 0.1) is 12.1 Å². The largest absolute Gasteiger partial charge is 0.375 e. The molecule has 2 N–H and O–H groups in total. The molecule has 0 aromatic heterocycles. The first kappa shape index (κ1) is 14.4. The first-order valence-electron chi connectivity index (χ1n) is 6.84. The van der Waals surface area contributed by atoms with Crippen LogP contribution in [0.5, 0.6) is 0 Å². The number of Topliss-reactive ketones (excluding diaryl/α,β-unsaturated/α-hetero) is 1. The molecule has 5 heteroatoms. The van der Waals surface area contributed by atoms with E-state index in [-0.39, 0.29) is 5.56 Å². The van der Waals surface area contributed by atoms with E-state index in [4.69, 9.17) is 0 Å². The van der Waals surface area contributed by atoms with E-state index in [1.54, 1.807) is 25.1 Å². The summed E-state index contributed by atoms with van der Waals surface area (Å²) >= 11 is 0. The molecule has 1 aliphatic rings. The third-order valence-corrected chi connectivity index (χ3v) is 3.90. The average Bonchev–Trinajstić information content (AvgIpc) is 2.73. The Bertz CT molecular complexity index is 787. The summed E-state index contributed by atoms with van der Waals surface area (Å²) in [5.41, 5.74) is -0.0864. The molecule has 112 valence electrons. The van der Waals surface area contributed by atoms with Crippen molar-refractivity contribution < 1.29 is 19.1 Å². The molecule has 0 fully saturated rings. The van der Waals surface area contributed by atoms with Crippen LogP contribution in [0.1, 0.15) is 27.9 Å². The Hall–Kier alpha value is -2.53. The monoisotopic (exact) mass is 299 g/mol. The molecular weight excluding hydrogens is 285 g/mol. The lowest BCUT2D eigenvalue weighted by atomic mass is 9.87. The quantitative estimate of drug-likeness (QED) is 0.856. The maximum absolute atomic E-state index is 13.2. The van der Waals surface area contributed by atoms with Crippen LogP contribution >= 0.6 is 0 Å². The summed E-state index contributed by atoms with van der Waals surface area (Å²) in [5, 5.41) is 13.3. The molecule has 1 atom stereocenters. The van der Waals surface area contributed by atoms with Gasteiger partial charge in [0.2, 0.25) is 0 Å². The van der Waals surface area contributed by atoms with E-state index in [2.05, 4.69) is 5.32 Å². The molecule has 0 saturated heterocycles. The van der Waals surface area contributed by atoms with Crippen molar-refractivity contribution in [2.75, 3.05) is 5.32 Å². The predicted molar refractivity (Wildman–Crippen MR) is 79.1 cm³/mol. The number of hydrogen-bond donors (Lipinski definition) is 2. The van der Waals surface area contributed by atoms with Crippen molar-refractivity contribution in [3.8, 4) is 0 Å². The van der Waals surface area contributed by atoms with Crippen LogP contribution in [0.3, 0.4) is 0 Å². The second-order valence-electron chi connectivity index (χ2n) is 5.42. The summed E-state index contributed by atoms with van der Waals surface area (Å²) < 4.78 is 13.2. The number of aliphatic hydroxyl groups is 1. The van der Waals surface area contributed by atoms with Gasteiger partial charge in [-0.15, -0.1) is 0 Å². The topological polar surface area (TPSA) is 66.4 Å². The molecule has 1 heterocycles. The number of ketones is 1. The van der Waals surface area contributed by atoms with Gasteiger partial charge in [-0.25, -0.2) is 4.39 Å². The van der Waals surface area contributed by atoms with Crippen molar-refractivity contribution in [3.63, 3.8) is 0 Å². The van der Waals surface area contributed by atoms with Gasteiger partial charge in [-0.3, -0.25) is 9.59 Å². The van der Waals surface area contributed by atoms with Crippen LogP contribution < -0.4 is 5.32 Å². The van der Waals surface area contributed by atoms with Crippen LogP contribution in [0.15, 0.2) is 42.5 Å². The van der Waals surface area contributed by atoms with E-state index in [0.717, 1.165) is 11.6 Å². The average molecular weight is 299 g/mol. The first-order chi connectivity index (χ1) is 10.4. The highest BCUT2D eigenvalue weighted by Gasteiger charge is 2.47. The van der Waals surface area contributed by atoms with Gasteiger partial charge in [0, 0.05) is 11.1 Å². The molecule has 0 aliphatic carbocycles. The van der Waals surface area contributed by atoms with E-state index in [0.29, 0.717) is 11.3 Å². The lowest BCUT2D eigenvalue weighted by Crippen LogP contribution is -2.36. The van der Waals surface area contributed by atoms with Crippen LogP contribution in [-0.4, -0.2) is 16.8 Å². The zero-order valence-corrected chi connectivity index (χ0v) is 11.9. The number of hydrogen-bond acceptors (Lipinski definition) is 3. The van der Waals surface area contributed by atoms with Crippen molar-refractivity contribution in [3.05, 3.63) is 65.0 Å². The summed E-state index contributed by atoms with van der Waals surface area (Å²) in [5.74, 6) is -1.67. The van der Waals surface area contributed by atoms with Gasteiger partial charge in [-0.1, -0.05) is 30.3 Å². The summed E-state index contributed by atoms with van der Waals surface area (Å²) in [7, 11) is 0. The van der Waals surface area contributed by atoms with Crippen LogP contribution in [0.25, 0.3) is 0 Å². The number of para-hydroxylation sites is 1. The third kappa shape index (κ3) is 2.19. The van der Waals surface area contributed by atoms with Crippen LogP contribution in [0, 0.1) is 12.7 Å². The summed E-state index contributed by atoms with van der Waals surface area (Å²) in [6.07, 6.45) is -0.432. The zero-order valence-electron chi connectivity index (χ0n) is 11.9. The van der Waals surface area contributed by atoms with E-state index in [1.165, 1.54) is 18.2 Å². The van der Waals surface area contributed by atoms with E-state index >= 15 is 0 Å². The number of rotatable bonds is 3. The lowest BCUT2D eigenvalue weighted by Gasteiger charge is -2.20. The molecular formula is C17H14FNO3. The predicted octanol–water partition coefficient (Wildman–Crippen LogP) is 2.55. The fourth-order valence-corrected chi connectivity index (χ4v) is 2.69. The maximum Gasteiger partial charge on any atom is 0.261 e. The molecule has 3 rings (SSSR count). The minimum absolute atomic E-state index is 0.127. The standard InChI is InChI=1S/C17H14FNO3/c1-10-4-2-7-13-15(10)19-16(21)17(13,22)9-14(20)11-5-3-6-12(18)8-11/h2-8,22H,9H2,1H3,(H,19,21). The van der Waals surface area contributed by atoms with Gasteiger partial charge in [0.15, 0.2) is 11.4 Å². The Morgan fingerprint density at radius 1 is 1.27 bits per heavy atom. The zero-order chi connectivity index (χ0) is 15.9. The number of carbonyl (C=O) groups is 2. The van der Waals surface area contributed by atoms with Gasteiger partial charge in [0.1, 0.15) is 5.82 Å². The molecule has 2 aromatic carbocycles. The molecule has 0 bridgehead atoms. The summed E-state index contributed by atoms with van der Waals surface area (Å²) in [6, 6.07) is 10.3. The normalized spacial score (nSPS) is 19.7. The number of nitrogens with one attached hydrogen (secondary N) is 1.